The maximum atomic E-state index is 11.6. The van der Waals surface area contributed by atoms with E-state index in [-0.39, 0.29) is 6.42 Å². The van der Waals surface area contributed by atoms with E-state index >= 15 is 0 Å². The van der Waals surface area contributed by atoms with Crippen LogP contribution in [0.3, 0.4) is 0 Å². The van der Waals surface area contributed by atoms with Gasteiger partial charge < -0.3 is 4.74 Å². The minimum absolute atomic E-state index is 0.330. The fourth-order valence-corrected chi connectivity index (χ4v) is 1.56. The van der Waals surface area contributed by atoms with Gasteiger partial charge in [0, 0.05) is 6.07 Å². The molecule has 0 saturated carbocycles. The second-order valence-corrected chi connectivity index (χ2v) is 3.46. The van der Waals surface area contributed by atoms with E-state index in [9.17, 15) is 14.4 Å². The van der Waals surface area contributed by atoms with Crippen molar-refractivity contribution in [3.05, 3.63) is 24.3 Å². The fraction of sp³-hybridized carbons (Fsp3) is 0.182. The van der Waals surface area contributed by atoms with Crippen LogP contribution in [0.25, 0.3) is 0 Å². The summed E-state index contributed by atoms with van der Waals surface area (Å²) in [4.78, 5) is 35.1. The molecule has 0 aliphatic carbocycles. The molecule has 0 aromatic heterocycles. The molecule has 0 spiro atoms. The topological polar surface area (TPSA) is 75.7 Å². The zero-order valence-electron chi connectivity index (χ0n) is 9.10. The summed E-state index contributed by atoms with van der Waals surface area (Å²) in [7, 11) is 1.49. The third kappa shape index (κ3) is 2.10. The molecule has 88 valence electrons. The highest BCUT2D eigenvalue weighted by Crippen LogP contribution is 2.22. The standard InChI is InChI=1S/C11H10N2O4/c1-17-8-4-2-3-7(5-8)13-10(15)6-9(14)12-11(13)16/h2-5H,6H2,1H3,(H,12,14,16). The summed E-state index contributed by atoms with van der Waals surface area (Å²) in [6.45, 7) is 0. The van der Waals surface area contributed by atoms with E-state index in [0.29, 0.717) is 11.4 Å². The van der Waals surface area contributed by atoms with Crippen molar-refractivity contribution in [2.75, 3.05) is 12.0 Å². The van der Waals surface area contributed by atoms with Crippen LogP contribution in [0.2, 0.25) is 0 Å². The normalized spacial score (nSPS) is 15.8. The maximum Gasteiger partial charge on any atom is 0.335 e. The Morgan fingerprint density at radius 1 is 1.29 bits per heavy atom. The van der Waals surface area contributed by atoms with Crippen molar-refractivity contribution in [1.82, 2.24) is 5.32 Å². The molecule has 1 N–H and O–H groups in total. The Labute approximate surface area is 97.2 Å². The van der Waals surface area contributed by atoms with Crippen LogP contribution in [-0.4, -0.2) is 25.0 Å². The molecule has 2 rings (SSSR count). The van der Waals surface area contributed by atoms with Crippen molar-refractivity contribution in [3.8, 4) is 5.75 Å². The number of methoxy groups -OCH3 is 1. The Hall–Kier alpha value is -2.37. The number of carbonyl (C=O) groups excluding carboxylic acids is 3. The molecule has 0 bridgehead atoms. The predicted molar refractivity (Wildman–Crippen MR) is 58.6 cm³/mol. The van der Waals surface area contributed by atoms with Crippen LogP contribution in [0.5, 0.6) is 5.75 Å². The van der Waals surface area contributed by atoms with Crippen molar-refractivity contribution >= 4 is 23.5 Å². The number of urea groups is 1. The Bertz CT molecular complexity index is 478. The smallest absolute Gasteiger partial charge is 0.335 e. The molecule has 1 aliphatic heterocycles. The van der Waals surface area contributed by atoms with E-state index in [0.717, 1.165) is 4.90 Å². The van der Waals surface area contributed by atoms with Crippen molar-refractivity contribution in [2.24, 2.45) is 0 Å². The molecule has 1 aromatic carbocycles. The van der Waals surface area contributed by atoms with Gasteiger partial charge in [-0.05, 0) is 12.1 Å². The van der Waals surface area contributed by atoms with Gasteiger partial charge in [-0.3, -0.25) is 14.9 Å². The number of imide groups is 2. The van der Waals surface area contributed by atoms with E-state index in [1.807, 2.05) is 0 Å². The summed E-state index contributed by atoms with van der Waals surface area (Å²) in [5.41, 5.74) is 0.374. The van der Waals surface area contributed by atoms with E-state index in [1.165, 1.54) is 7.11 Å². The Morgan fingerprint density at radius 3 is 2.71 bits per heavy atom. The van der Waals surface area contributed by atoms with E-state index in [1.54, 1.807) is 24.3 Å². The number of amides is 4. The molecule has 1 heterocycles. The summed E-state index contributed by atoms with van der Waals surface area (Å²) in [5, 5.41) is 2.08. The lowest BCUT2D eigenvalue weighted by atomic mass is 10.2. The minimum Gasteiger partial charge on any atom is -0.497 e. The number of benzene rings is 1. The first-order valence-electron chi connectivity index (χ1n) is 4.92. The highest BCUT2D eigenvalue weighted by atomic mass is 16.5. The summed E-state index contributed by atoms with van der Waals surface area (Å²) in [5.74, 6) is -0.605. The molecule has 1 aliphatic rings. The zero-order chi connectivity index (χ0) is 12.4. The predicted octanol–water partition coefficient (Wildman–Crippen LogP) is 0.668. The van der Waals surface area contributed by atoms with Gasteiger partial charge in [0.25, 0.3) is 0 Å². The SMILES string of the molecule is COc1cccc(N2C(=O)CC(=O)NC2=O)c1. The molecule has 1 saturated heterocycles. The third-order valence-corrected chi connectivity index (χ3v) is 2.32. The summed E-state index contributed by atoms with van der Waals surface area (Å²) in [6, 6.07) is 5.76. The van der Waals surface area contributed by atoms with Gasteiger partial charge in [-0.1, -0.05) is 6.07 Å². The van der Waals surface area contributed by atoms with Crippen molar-refractivity contribution in [1.29, 1.82) is 0 Å². The number of anilines is 1. The molecular formula is C11H10N2O4. The van der Waals surface area contributed by atoms with Crippen molar-refractivity contribution in [2.45, 2.75) is 6.42 Å². The van der Waals surface area contributed by atoms with Crippen LogP contribution < -0.4 is 15.0 Å². The first-order chi connectivity index (χ1) is 8.11. The molecule has 17 heavy (non-hydrogen) atoms. The summed E-state index contributed by atoms with van der Waals surface area (Å²) in [6.07, 6.45) is -0.330. The second-order valence-electron chi connectivity index (χ2n) is 3.46. The average Bonchev–Trinajstić information content (AvgIpc) is 2.28. The van der Waals surface area contributed by atoms with Gasteiger partial charge in [0.15, 0.2) is 0 Å². The molecule has 1 fully saturated rings. The lowest BCUT2D eigenvalue weighted by molar-refractivity contribution is -0.128. The molecular weight excluding hydrogens is 224 g/mol. The Balaban J connectivity index is 2.34. The number of barbiturate groups is 1. The van der Waals surface area contributed by atoms with Crippen LogP contribution in [0.1, 0.15) is 6.42 Å². The highest BCUT2D eigenvalue weighted by Gasteiger charge is 2.32. The van der Waals surface area contributed by atoms with Crippen LogP contribution in [0.4, 0.5) is 10.5 Å². The number of carbonyl (C=O) groups is 3. The van der Waals surface area contributed by atoms with Gasteiger partial charge in [0.05, 0.1) is 12.8 Å². The number of hydrogen-bond acceptors (Lipinski definition) is 4. The Morgan fingerprint density at radius 2 is 2.06 bits per heavy atom. The summed E-state index contributed by atoms with van der Waals surface area (Å²) < 4.78 is 5.00. The van der Waals surface area contributed by atoms with E-state index < -0.39 is 17.8 Å². The average molecular weight is 234 g/mol. The van der Waals surface area contributed by atoms with E-state index in [4.69, 9.17) is 4.74 Å². The third-order valence-electron chi connectivity index (χ3n) is 2.32. The fourth-order valence-electron chi connectivity index (χ4n) is 1.56. The Kier molecular flexibility index (Phi) is 2.78. The lowest BCUT2D eigenvalue weighted by Gasteiger charge is -2.24. The molecule has 0 unspecified atom stereocenters. The van der Waals surface area contributed by atoms with Gasteiger partial charge in [-0.15, -0.1) is 0 Å². The van der Waals surface area contributed by atoms with Gasteiger partial charge in [0.2, 0.25) is 11.8 Å². The van der Waals surface area contributed by atoms with Crippen molar-refractivity contribution in [3.63, 3.8) is 0 Å². The molecule has 0 radical (unpaired) electrons. The molecule has 6 heteroatoms. The van der Waals surface area contributed by atoms with Gasteiger partial charge >= 0.3 is 6.03 Å². The van der Waals surface area contributed by atoms with Gasteiger partial charge in [0.1, 0.15) is 12.2 Å². The first kappa shape index (κ1) is 11.1. The monoisotopic (exact) mass is 234 g/mol. The molecule has 0 atom stereocenters. The van der Waals surface area contributed by atoms with E-state index in [2.05, 4.69) is 5.32 Å². The number of ether oxygens (including phenoxy) is 1. The highest BCUT2D eigenvalue weighted by molar-refractivity contribution is 6.26. The largest absolute Gasteiger partial charge is 0.497 e. The van der Waals surface area contributed by atoms with Crippen LogP contribution >= 0.6 is 0 Å². The molecule has 4 amide bonds. The number of nitrogens with one attached hydrogen (secondary N) is 1. The van der Waals surface area contributed by atoms with Crippen LogP contribution in [0, 0.1) is 0 Å². The van der Waals surface area contributed by atoms with Gasteiger partial charge in [-0.2, -0.15) is 0 Å². The van der Waals surface area contributed by atoms with Crippen LogP contribution in [-0.2, 0) is 9.59 Å². The second kappa shape index (κ2) is 4.25. The number of nitrogens with zero attached hydrogens (tertiary/aromatic N) is 1. The number of hydrogen-bond donors (Lipinski definition) is 1. The first-order valence-corrected chi connectivity index (χ1v) is 4.92. The minimum atomic E-state index is -0.737. The molecule has 1 aromatic rings. The van der Waals surface area contributed by atoms with Crippen molar-refractivity contribution < 1.29 is 19.1 Å². The lowest BCUT2D eigenvalue weighted by Crippen LogP contribution is -2.52. The van der Waals surface area contributed by atoms with Crippen LogP contribution in [0.15, 0.2) is 24.3 Å². The molecule has 6 nitrogen and oxygen atoms in total. The zero-order valence-corrected chi connectivity index (χ0v) is 9.10. The maximum absolute atomic E-state index is 11.6. The quantitative estimate of drug-likeness (QED) is 0.763. The number of rotatable bonds is 2. The summed E-state index contributed by atoms with van der Waals surface area (Å²) >= 11 is 0. The van der Waals surface area contributed by atoms with Gasteiger partial charge in [-0.25, -0.2) is 9.69 Å².